The maximum atomic E-state index is 10.7. The van der Waals surface area contributed by atoms with Crippen LogP contribution in [0.1, 0.15) is 11.6 Å². The molecule has 1 aromatic carbocycles. The summed E-state index contributed by atoms with van der Waals surface area (Å²) in [6, 6.07) is 9.46. The first-order chi connectivity index (χ1) is 6.22. The van der Waals surface area contributed by atoms with Crippen LogP contribution in [0.4, 0.5) is 0 Å². The van der Waals surface area contributed by atoms with Crippen molar-refractivity contribution >= 4 is 5.97 Å². The molecule has 3 heteroatoms. The summed E-state index contributed by atoms with van der Waals surface area (Å²) in [5, 5.41) is 8.81. The lowest BCUT2D eigenvalue weighted by atomic mass is 10.1. The lowest BCUT2D eigenvalue weighted by Gasteiger charge is -1.95. The fourth-order valence-electron chi connectivity index (χ4n) is 1.72. The Bertz CT molecular complexity index is 323. The minimum Gasteiger partial charge on any atom is -0.480 e. The molecule has 1 unspecified atom stereocenters. The molecule has 0 amide bonds. The van der Waals surface area contributed by atoms with Crippen molar-refractivity contribution in [1.82, 2.24) is 4.90 Å². The van der Waals surface area contributed by atoms with E-state index in [0.717, 1.165) is 5.56 Å². The van der Waals surface area contributed by atoms with Crippen LogP contribution < -0.4 is 0 Å². The molecule has 1 aliphatic heterocycles. The van der Waals surface area contributed by atoms with Crippen molar-refractivity contribution in [2.75, 3.05) is 7.05 Å². The molecule has 1 N–H and O–H groups in total. The Morgan fingerprint density at radius 1 is 1.38 bits per heavy atom. The van der Waals surface area contributed by atoms with Crippen LogP contribution in [0.3, 0.4) is 0 Å². The van der Waals surface area contributed by atoms with Gasteiger partial charge in [0.05, 0.1) is 6.04 Å². The zero-order chi connectivity index (χ0) is 9.42. The molecule has 1 saturated heterocycles. The smallest absolute Gasteiger partial charge is 0.322 e. The van der Waals surface area contributed by atoms with E-state index in [4.69, 9.17) is 5.11 Å². The van der Waals surface area contributed by atoms with Crippen molar-refractivity contribution in [2.24, 2.45) is 0 Å². The number of hydrogen-bond donors (Lipinski definition) is 1. The molecule has 3 atom stereocenters. The number of carboxylic acid groups (broad SMARTS) is 1. The van der Waals surface area contributed by atoms with Crippen molar-refractivity contribution < 1.29 is 9.90 Å². The normalized spacial score (nSPS) is 31.3. The average molecular weight is 177 g/mol. The van der Waals surface area contributed by atoms with Gasteiger partial charge in [-0.05, 0) is 12.6 Å². The summed E-state index contributed by atoms with van der Waals surface area (Å²) < 4.78 is 0. The monoisotopic (exact) mass is 177 g/mol. The number of aliphatic carboxylic acids is 1. The summed E-state index contributed by atoms with van der Waals surface area (Å²) in [4.78, 5) is 12.6. The van der Waals surface area contributed by atoms with E-state index in [9.17, 15) is 4.79 Å². The Morgan fingerprint density at radius 3 is 2.46 bits per heavy atom. The third kappa shape index (κ3) is 1.31. The van der Waals surface area contributed by atoms with Crippen molar-refractivity contribution in [3.05, 3.63) is 35.9 Å². The van der Waals surface area contributed by atoms with Crippen molar-refractivity contribution in [3.8, 4) is 0 Å². The maximum absolute atomic E-state index is 10.7. The number of carboxylic acids is 1. The molecule has 0 aromatic heterocycles. The van der Waals surface area contributed by atoms with E-state index in [0.29, 0.717) is 0 Å². The lowest BCUT2D eigenvalue weighted by Crippen LogP contribution is -2.08. The predicted octanol–water partition coefficient (Wildman–Crippen LogP) is 1.13. The van der Waals surface area contributed by atoms with Gasteiger partial charge in [0.2, 0.25) is 0 Å². The van der Waals surface area contributed by atoms with E-state index < -0.39 is 5.97 Å². The second kappa shape index (κ2) is 2.85. The Kier molecular flexibility index (Phi) is 1.81. The number of carbonyl (C=O) groups is 1. The molecule has 0 aliphatic carbocycles. The van der Waals surface area contributed by atoms with Crippen LogP contribution in [0.5, 0.6) is 0 Å². The molecule has 68 valence electrons. The second-order valence-electron chi connectivity index (χ2n) is 3.30. The van der Waals surface area contributed by atoms with Gasteiger partial charge in [0.25, 0.3) is 0 Å². The molecule has 0 saturated carbocycles. The van der Waals surface area contributed by atoms with Crippen LogP contribution in [0, 0.1) is 0 Å². The van der Waals surface area contributed by atoms with Crippen LogP contribution in [-0.2, 0) is 4.79 Å². The van der Waals surface area contributed by atoms with Gasteiger partial charge in [-0.15, -0.1) is 0 Å². The molecule has 0 spiro atoms. The first-order valence-electron chi connectivity index (χ1n) is 4.21. The first kappa shape index (κ1) is 8.26. The standard InChI is InChI=1S/C10H11NO2/c1-11-8(9(11)10(12)13)7-5-3-2-4-6-7/h2-6,8-9H,1H3,(H,12,13)/t8-,9+,11?/m0/s1. The highest BCUT2D eigenvalue weighted by molar-refractivity contribution is 5.78. The average Bonchev–Trinajstić information content (AvgIpc) is 2.79. The summed E-state index contributed by atoms with van der Waals surface area (Å²) in [6.07, 6.45) is 0. The van der Waals surface area contributed by atoms with Gasteiger partial charge in [0.15, 0.2) is 0 Å². The summed E-state index contributed by atoms with van der Waals surface area (Å²) in [5.41, 5.74) is 1.08. The lowest BCUT2D eigenvalue weighted by molar-refractivity contribution is -0.137. The molecular formula is C10H11NO2. The largest absolute Gasteiger partial charge is 0.480 e. The highest BCUT2D eigenvalue weighted by Gasteiger charge is 2.50. The molecule has 1 heterocycles. The van der Waals surface area contributed by atoms with Gasteiger partial charge in [-0.25, -0.2) is 0 Å². The molecule has 0 radical (unpaired) electrons. The molecular weight excluding hydrogens is 166 g/mol. The van der Waals surface area contributed by atoms with Crippen LogP contribution >= 0.6 is 0 Å². The van der Waals surface area contributed by atoms with E-state index in [1.165, 1.54) is 0 Å². The summed E-state index contributed by atoms with van der Waals surface area (Å²) >= 11 is 0. The molecule has 3 nitrogen and oxygen atoms in total. The minimum absolute atomic E-state index is 0.0682. The number of rotatable bonds is 2. The maximum Gasteiger partial charge on any atom is 0.322 e. The Hall–Kier alpha value is -1.35. The highest BCUT2D eigenvalue weighted by Crippen LogP contribution is 2.40. The van der Waals surface area contributed by atoms with E-state index in [-0.39, 0.29) is 12.1 Å². The first-order valence-corrected chi connectivity index (χ1v) is 4.21. The van der Waals surface area contributed by atoms with E-state index in [1.807, 2.05) is 42.3 Å². The third-order valence-electron chi connectivity index (χ3n) is 2.48. The van der Waals surface area contributed by atoms with Gasteiger partial charge in [-0.2, -0.15) is 0 Å². The number of hydrogen-bond acceptors (Lipinski definition) is 2. The Balaban J connectivity index is 2.18. The fourth-order valence-corrected chi connectivity index (χ4v) is 1.72. The SMILES string of the molecule is CN1[C@@H](C(=O)O)[C@@H]1c1ccccc1. The molecule has 1 aliphatic rings. The zero-order valence-electron chi connectivity index (χ0n) is 7.34. The number of likely N-dealkylation sites (N-methyl/N-ethyl adjacent to an activating group) is 1. The zero-order valence-corrected chi connectivity index (χ0v) is 7.34. The van der Waals surface area contributed by atoms with Gasteiger partial charge < -0.3 is 5.11 Å². The molecule has 0 bridgehead atoms. The van der Waals surface area contributed by atoms with Gasteiger partial charge in [-0.3, -0.25) is 9.69 Å². The highest BCUT2D eigenvalue weighted by atomic mass is 16.4. The number of benzene rings is 1. The second-order valence-corrected chi connectivity index (χ2v) is 3.30. The minimum atomic E-state index is -0.739. The Morgan fingerprint density at radius 2 is 2.00 bits per heavy atom. The topological polar surface area (TPSA) is 40.3 Å². The van der Waals surface area contributed by atoms with Gasteiger partial charge in [0, 0.05) is 0 Å². The van der Waals surface area contributed by atoms with Crippen LogP contribution in [0.25, 0.3) is 0 Å². The summed E-state index contributed by atoms with van der Waals surface area (Å²) in [7, 11) is 1.83. The molecule has 1 fully saturated rings. The van der Waals surface area contributed by atoms with Gasteiger partial charge in [-0.1, -0.05) is 30.3 Å². The predicted molar refractivity (Wildman–Crippen MR) is 48.4 cm³/mol. The summed E-state index contributed by atoms with van der Waals surface area (Å²) in [6.45, 7) is 0. The van der Waals surface area contributed by atoms with E-state index in [1.54, 1.807) is 0 Å². The third-order valence-corrected chi connectivity index (χ3v) is 2.48. The Labute approximate surface area is 76.6 Å². The van der Waals surface area contributed by atoms with Crippen molar-refractivity contribution in [1.29, 1.82) is 0 Å². The van der Waals surface area contributed by atoms with E-state index in [2.05, 4.69) is 0 Å². The number of nitrogens with zero attached hydrogens (tertiary/aromatic N) is 1. The van der Waals surface area contributed by atoms with Crippen LogP contribution in [-0.4, -0.2) is 29.1 Å². The molecule has 13 heavy (non-hydrogen) atoms. The van der Waals surface area contributed by atoms with Crippen molar-refractivity contribution in [2.45, 2.75) is 12.1 Å². The van der Waals surface area contributed by atoms with Crippen LogP contribution in [0.15, 0.2) is 30.3 Å². The quantitative estimate of drug-likeness (QED) is 0.688. The van der Waals surface area contributed by atoms with Gasteiger partial charge in [0.1, 0.15) is 6.04 Å². The molecule has 1 aromatic rings. The molecule has 2 rings (SSSR count). The summed E-state index contributed by atoms with van der Waals surface area (Å²) in [5.74, 6) is -0.739. The fraction of sp³-hybridized carbons (Fsp3) is 0.300. The van der Waals surface area contributed by atoms with Crippen molar-refractivity contribution in [3.63, 3.8) is 0 Å². The van der Waals surface area contributed by atoms with E-state index >= 15 is 0 Å². The van der Waals surface area contributed by atoms with Gasteiger partial charge >= 0.3 is 5.97 Å². The van der Waals surface area contributed by atoms with Crippen LogP contribution in [0.2, 0.25) is 0 Å².